The number of hydrogen-bond acceptors (Lipinski definition) is 3. The maximum Gasteiger partial charge on any atom is 0.292 e. The van der Waals surface area contributed by atoms with E-state index in [2.05, 4.69) is 9.98 Å². The molecule has 0 radical (unpaired) electrons. The number of hydrogen-bond donors (Lipinski definition) is 1. The lowest BCUT2D eigenvalue weighted by molar-refractivity contribution is 0.582. The normalized spacial score (nSPS) is 19.8. The lowest BCUT2D eigenvalue weighted by Gasteiger charge is -2.01. The molecule has 6 heteroatoms. The minimum atomic E-state index is -0.0417. The third-order valence-electron chi connectivity index (χ3n) is 3.19. The van der Waals surface area contributed by atoms with Crippen molar-refractivity contribution in [1.82, 2.24) is 9.36 Å². The molecule has 18 heavy (non-hydrogen) atoms. The molecular weight excluding hydrogens is 230 g/mol. The molecule has 0 atom stereocenters. The average molecular weight is 243 g/mol. The van der Waals surface area contributed by atoms with E-state index >= 15 is 0 Å². The van der Waals surface area contributed by atoms with Crippen LogP contribution >= 0.6 is 0 Å². The molecule has 0 saturated heterocycles. The van der Waals surface area contributed by atoms with E-state index in [4.69, 9.17) is 5.41 Å². The van der Waals surface area contributed by atoms with Crippen molar-refractivity contribution in [2.45, 2.75) is 26.4 Å². The van der Waals surface area contributed by atoms with Gasteiger partial charge in [0.05, 0.1) is 17.6 Å². The van der Waals surface area contributed by atoms with E-state index < -0.39 is 0 Å². The van der Waals surface area contributed by atoms with Gasteiger partial charge in [0.2, 0.25) is 0 Å². The molecule has 3 rings (SSSR count). The summed E-state index contributed by atoms with van der Waals surface area (Å²) in [6.07, 6.45) is 5.78. The Labute approximate surface area is 103 Å². The van der Waals surface area contributed by atoms with E-state index in [0.29, 0.717) is 11.4 Å². The number of dihydropyridines is 1. The highest BCUT2D eigenvalue weighted by atomic mass is 16.1. The highest BCUT2D eigenvalue weighted by Gasteiger charge is 2.20. The molecule has 0 fully saturated rings. The van der Waals surface area contributed by atoms with Crippen LogP contribution in [-0.2, 0) is 13.1 Å². The first kappa shape index (κ1) is 10.9. The average Bonchev–Trinajstić information content (AvgIpc) is 2.92. The zero-order valence-corrected chi connectivity index (χ0v) is 10.1. The van der Waals surface area contributed by atoms with Crippen LogP contribution in [0.25, 0.3) is 0 Å². The maximum atomic E-state index is 12.1. The molecule has 2 aliphatic heterocycles. The van der Waals surface area contributed by atoms with Gasteiger partial charge in [-0.25, -0.2) is 14.7 Å². The number of aliphatic imine (C=N–C) groups is 2. The predicted molar refractivity (Wildman–Crippen MR) is 70.5 cm³/mol. The van der Waals surface area contributed by atoms with Crippen LogP contribution in [0.5, 0.6) is 0 Å². The Morgan fingerprint density at radius 3 is 2.78 bits per heavy atom. The SMILES string of the molecule is Cc1c(N=C2C=CC(=N)N=C2)c(=O)n2n1CCC2. The van der Waals surface area contributed by atoms with E-state index in [9.17, 15) is 4.79 Å². The Kier molecular flexibility index (Phi) is 2.36. The van der Waals surface area contributed by atoms with Crippen LogP contribution in [-0.4, -0.2) is 27.1 Å². The molecular formula is C12H13N5O. The zero-order chi connectivity index (χ0) is 12.7. The van der Waals surface area contributed by atoms with Gasteiger partial charge in [-0.15, -0.1) is 0 Å². The van der Waals surface area contributed by atoms with E-state index in [1.165, 1.54) is 6.21 Å². The summed E-state index contributed by atoms with van der Waals surface area (Å²) in [6, 6.07) is 0. The second-order valence-electron chi connectivity index (χ2n) is 4.35. The number of amidine groups is 1. The van der Waals surface area contributed by atoms with Crippen LogP contribution in [0.2, 0.25) is 0 Å². The fraction of sp³-hybridized carbons (Fsp3) is 0.333. The van der Waals surface area contributed by atoms with Crippen molar-refractivity contribution in [3.05, 3.63) is 28.2 Å². The van der Waals surface area contributed by atoms with Crippen LogP contribution in [0.1, 0.15) is 12.1 Å². The molecule has 0 saturated carbocycles. The number of nitrogens with one attached hydrogen (secondary N) is 1. The Hall–Kier alpha value is -2.24. The third kappa shape index (κ3) is 1.57. The molecule has 0 amide bonds. The molecule has 0 aliphatic carbocycles. The summed E-state index contributed by atoms with van der Waals surface area (Å²) >= 11 is 0. The van der Waals surface area contributed by atoms with Gasteiger partial charge in [-0.05, 0) is 25.5 Å². The Morgan fingerprint density at radius 1 is 1.33 bits per heavy atom. The van der Waals surface area contributed by atoms with Gasteiger partial charge >= 0.3 is 0 Å². The smallest absolute Gasteiger partial charge is 0.285 e. The van der Waals surface area contributed by atoms with Gasteiger partial charge < -0.3 is 0 Å². The maximum absolute atomic E-state index is 12.1. The largest absolute Gasteiger partial charge is 0.292 e. The summed E-state index contributed by atoms with van der Waals surface area (Å²) in [4.78, 5) is 20.3. The van der Waals surface area contributed by atoms with Crippen molar-refractivity contribution in [3.8, 4) is 0 Å². The minimum Gasteiger partial charge on any atom is -0.285 e. The van der Waals surface area contributed by atoms with E-state index in [1.54, 1.807) is 16.8 Å². The zero-order valence-electron chi connectivity index (χ0n) is 10.1. The van der Waals surface area contributed by atoms with E-state index in [-0.39, 0.29) is 11.4 Å². The summed E-state index contributed by atoms with van der Waals surface area (Å²) in [5.74, 6) is 0.196. The standard InChI is InChI=1S/C12H13N5O/c1-8-11(12(18)17-6-2-5-16(8)17)15-9-3-4-10(13)14-7-9/h3-4,7,13H,2,5-6H2,1H3. The van der Waals surface area contributed by atoms with Crippen LogP contribution in [0.3, 0.4) is 0 Å². The monoisotopic (exact) mass is 243 g/mol. The van der Waals surface area contributed by atoms with Crippen LogP contribution in [0, 0.1) is 12.3 Å². The first-order valence-electron chi connectivity index (χ1n) is 5.86. The highest BCUT2D eigenvalue weighted by molar-refractivity contribution is 6.40. The topological polar surface area (TPSA) is 75.5 Å². The molecule has 1 N–H and O–H groups in total. The van der Waals surface area contributed by atoms with Crippen molar-refractivity contribution in [1.29, 1.82) is 5.41 Å². The van der Waals surface area contributed by atoms with Gasteiger partial charge in [-0.3, -0.25) is 14.9 Å². The first-order chi connectivity index (χ1) is 8.66. The minimum absolute atomic E-state index is 0.0417. The Balaban J connectivity index is 2.07. The van der Waals surface area contributed by atoms with E-state index in [0.717, 1.165) is 25.2 Å². The lowest BCUT2D eigenvalue weighted by Crippen LogP contribution is -2.16. The molecule has 1 aromatic heterocycles. The Bertz CT molecular complexity index is 653. The van der Waals surface area contributed by atoms with Crippen molar-refractivity contribution in [2.75, 3.05) is 0 Å². The fourth-order valence-electron chi connectivity index (χ4n) is 2.28. The highest BCUT2D eigenvalue weighted by Crippen LogP contribution is 2.19. The van der Waals surface area contributed by atoms with Gasteiger partial charge in [0.1, 0.15) is 5.84 Å². The van der Waals surface area contributed by atoms with Crippen molar-refractivity contribution in [3.63, 3.8) is 0 Å². The summed E-state index contributed by atoms with van der Waals surface area (Å²) in [6.45, 7) is 3.55. The summed E-state index contributed by atoms with van der Waals surface area (Å²) < 4.78 is 3.72. The van der Waals surface area contributed by atoms with Crippen LogP contribution in [0.15, 0.2) is 26.9 Å². The third-order valence-corrected chi connectivity index (χ3v) is 3.19. The van der Waals surface area contributed by atoms with Gasteiger partial charge in [-0.2, -0.15) is 0 Å². The molecule has 3 heterocycles. The van der Waals surface area contributed by atoms with Crippen molar-refractivity contribution < 1.29 is 0 Å². The number of fused-ring (bicyclic) bond motifs is 1. The van der Waals surface area contributed by atoms with Gasteiger partial charge in [-0.1, -0.05) is 0 Å². The van der Waals surface area contributed by atoms with E-state index in [1.807, 2.05) is 11.6 Å². The molecule has 1 aromatic rings. The molecule has 0 unspecified atom stereocenters. The Morgan fingerprint density at radius 2 is 2.11 bits per heavy atom. The summed E-state index contributed by atoms with van der Waals surface area (Å²) in [5, 5.41) is 7.31. The molecule has 92 valence electrons. The molecule has 0 aromatic carbocycles. The summed E-state index contributed by atoms with van der Waals surface area (Å²) in [7, 11) is 0. The number of aromatic nitrogens is 2. The summed E-state index contributed by atoms with van der Waals surface area (Å²) in [5.41, 5.74) is 1.94. The molecule has 6 nitrogen and oxygen atoms in total. The van der Waals surface area contributed by atoms with Gasteiger partial charge in [0.25, 0.3) is 5.56 Å². The van der Waals surface area contributed by atoms with Crippen molar-refractivity contribution in [2.24, 2.45) is 9.98 Å². The lowest BCUT2D eigenvalue weighted by atomic mass is 10.3. The molecule has 2 aliphatic rings. The van der Waals surface area contributed by atoms with Gasteiger partial charge in [0.15, 0.2) is 5.69 Å². The molecule has 0 spiro atoms. The van der Waals surface area contributed by atoms with Crippen LogP contribution < -0.4 is 5.56 Å². The number of allylic oxidation sites excluding steroid dienone is 1. The second kappa shape index (κ2) is 3.90. The first-order valence-corrected chi connectivity index (χ1v) is 5.86. The van der Waals surface area contributed by atoms with Crippen LogP contribution in [0.4, 0.5) is 5.69 Å². The van der Waals surface area contributed by atoms with Gasteiger partial charge in [0, 0.05) is 13.1 Å². The number of rotatable bonds is 1. The quantitative estimate of drug-likeness (QED) is 0.786. The second-order valence-corrected chi connectivity index (χ2v) is 4.35. The molecule has 0 bridgehead atoms. The van der Waals surface area contributed by atoms with Crippen molar-refractivity contribution >= 4 is 23.4 Å². The predicted octanol–water partition coefficient (Wildman–Crippen LogP) is 1.05. The number of nitrogens with zero attached hydrogens (tertiary/aromatic N) is 4. The fourth-order valence-corrected chi connectivity index (χ4v) is 2.28.